The summed E-state index contributed by atoms with van der Waals surface area (Å²) in [6.07, 6.45) is 2.41. The molecule has 2 aromatic rings. The zero-order valence-corrected chi connectivity index (χ0v) is 16.7. The number of hydrogen-bond acceptors (Lipinski definition) is 4. The molecule has 9 heteroatoms. The van der Waals surface area contributed by atoms with Crippen LogP contribution in [0.15, 0.2) is 42.5 Å². The maximum atomic E-state index is 14.6. The fourth-order valence-corrected chi connectivity index (χ4v) is 4.97. The van der Waals surface area contributed by atoms with E-state index in [-0.39, 0.29) is 29.9 Å². The van der Waals surface area contributed by atoms with Gasteiger partial charge in [0.15, 0.2) is 5.78 Å². The van der Waals surface area contributed by atoms with Gasteiger partial charge in [-0.05, 0) is 37.1 Å². The van der Waals surface area contributed by atoms with E-state index in [1.807, 2.05) is 0 Å². The summed E-state index contributed by atoms with van der Waals surface area (Å²) < 4.78 is 57.3. The summed E-state index contributed by atoms with van der Waals surface area (Å²) in [6, 6.07) is 9.00. The minimum Gasteiger partial charge on any atom is -0.324 e. The van der Waals surface area contributed by atoms with Crippen molar-refractivity contribution in [3.05, 3.63) is 65.2 Å². The number of Topliss-reactive ketones (excluding diaryl/α,β-unsaturated/α-hetero) is 1. The Balaban J connectivity index is 1.99. The van der Waals surface area contributed by atoms with Gasteiger partial charge in [0.1, 0.15) is 11.6 Å². The number of anilines is 1. The molecule has 1 saturated heterocycles. The molecule has 2 N–H and O–H groups in total. The first-order valence-corrected chi connectivity index (χ1v) is 10.8. The third kappa shape index (κ3) is 4.80. The molecule has 1 aliphatic rings. The van der Waals surface area contributed by atoms with E-state index in [0.717, 1.165) is 35.7 Å². The Kier molecular flexibility index (Phi) is 6.61. The molecule has 0 aromatic heterocycles. The van der Waals surface area contributed by atoms with Crippen molar-refractivity contribution in [1.29, 1.82) is 0 Å². The number of rotatable bonds is 7. The van der Waals surface area contributed by atoms with Crippen molar-refractivity contribution in [3.8, 4) is 0 Å². The standard InChI is InChI=1S/C20H23F2N3O3S/c21-17-5-4-6-18(12-17)25(29(27,28)24-9-2-1-3-10-24)14-16-8-7-15(11-19(16)22)20(26)13-23/h4-8,11-12H,1-3,9-10,13-14,23H2. The summed E-state index contributed by atoms with van der Waals surface area (Å²) in [7, 11) is -3.99. The summed E-state index contributed by atoms with van der Waals surface area (Å²) in [4.78, 5) is 11.7. The van der Waals surface area contributed by atoms with Crippen molar-refractivity contribution >= 4 is 21.7 Å². The highest BCUT2D eigenvalue weighted by Crippen LogP contribution is 2.27. The van der Waals surface area contributed by atoms with E-state index < -0.39 is 27.6 Å². The molecule has 0 amide bonds. The van der Waals surface area contributed by atoms with Gasteiger partial charge in [-0.2, -0.15) is 12.7 Å². The first-order chi connectivity index (χ1) is 13.8. The van der Waals surface area contributed by atoms with Crippen LogP contribution in [0.1, 0.15) is 35.2 Å². The molecule has 1 heterocycles. The van der Waals surface area contributed by atoms with Gasteiger partial charge in [0.05, 0.1) is 18.8 Å². The molecule has 156 valence electrons. The number of halogens is 2. The molecule has 0 saturated carbocycles. The van der Waals surface area contributed by atoms with Gasteiger partial charge in [-0.3, -0.25) is 9.10 Å². The van der Waals surface area contributed by atoms with Crippen molar-refractivity contribution in [2.75, 3.05) is 23.9 Å². The maximum Gasteiger partial charge on any atom is 0.304 e. The van der Waals surface area contributed by atoms with Crippen molar-refractivity contribution in [3.63, 3.8) is 0 Å². The van der Waals surface area contributed by atoms with Gasteiger partial charge in [0.2, 0.25) is 0 Å². The highest BCUT2D eigenvalue weighted by Gasteiger charge is 2.32. The number of carbonyl (C=O) groups is 1. The van der Waals surface area contributed by atoms with E-state index in [2.05, 4.69) is 0 Å². The van der Waals surface area contributed by atoms with Crippen LogP contribution in [0, 0.1) is 11.6 Å². The van der Waals surface area contributed by atoms with Crippen LogP contribution in [0.25, 0.3) is 0 Å². The molecule has 0 bridgehead atoms. The van der Waals surface area contributed by atoms with Crippen LogP contribution in [-0.4, -0.2) is 38.1 Å². The fourth-order valence-electron chi connectivity index (χ4n) is 3.29. The van der Waals surface area contributed by atoms with E-state index in [4.69, 9.17) is 5.73 Å². The fraction of sp³-hybridized carbons (Fsp3) is 0.350. The Labute approximate surface area is 169 Å². The zero-order chi connectivity index (χ0) is 21.0. The number of hydrogen-bond donors (Lipinski definition) is 1. The van der Waals surface area contributed by atoms with Crippen molar-refractivity contribution in [1.82, 2.24) is 4.31 Å². The molecule has 1 fully saturated rings. The van der Waals surface area contributed by atoms with E-state index in [1.54, 1.807) is 0 Å². The Morgan fingerprint density at radius 3 is 2.41 bits per heavy atom. The number of ketones is 1. The van der Waals surface area contributed by atoms with Gasteiger partial charge in [0.25, 0.3) is 0 Å². The van der Waals surface area contributed by atoms with Crippen molar-refractivity contribution in [2.24, 2.45) is 5.73 Å². The number of nitrogens with zero attached hydrogens (tertiary/aromatic N) is 2. The average molecular weight is 423 g/mol. The third-order valence-electron chi connectivity index (χ3n) is 4.89. The average Bonchev–Trinajstić information content (AvgIpc) is 2.72. The second-order valence-electron chi connectivity index (χ2n) is 6.89. The lowest BCUT2D eigenvalue weighted by Gasteiger charge is -2.33. The molecular formula is C20H23F2N3O3S. The summed E-state index contributed by atoms with van der Waals surface area (Å²) in [5, 5.41) is 0. The maximum absolute atomic E-state index is 14.6. The predicted molar refractivity (Wildman–Crippen MR) is 107 cm³/mol. The predicted octanol–water partition coefficient (Wildman–Crippen LogP) is 2.84. The van der Waals surface area contributed by atoms with E-state index in [9.17, 15) is 22.0 Å². The first kappa shape index (κ1) is 21.4. The van der Waals surface area contributed by atoms with Crippen molar-refractivity contribution < 1.29 is 22.0 Å². The largest absolute Gasteiger partial charge is 0.324 e. The van der Waals surface area contributed by atoms with Gasteiger partial charge >= 0.3 is 10.2 Å². The molecule has 3 rings (SSSR count). The van der Waals surface area contributed by atoms with Gasteiger partial charge in [-0.25, -0.2) is 8.78 Å². The van der Waals surface area contributed by atoms with Gasteiger partial charge < -0.3 is 5.73 Å². The quantitative estimate of drug-likeness (QED) is 0.694. The monoisotopic (exact) mass is 423 g/mol. The Morgan fingerprint density at radius 2 is 1.79 bits per heavy atom. The third-order valence-corrected chi connectivity index (χ3v) is 6.81. The lowest BCUT2D eigenvalue weighted by Crippen LogP contribution is -2.46. The summed E-state index contributed by atoms with van der Waals surface area (Å²) in [6.45, 7) is 0.143. The molecule has 0 atom stereocenters. The van der Waals surface area contributed by atoms with Crippen LogP contribution in [0.3, 0.4) is 0 Å². The summed E-state index contributed by atoms with van der Waals surface area (Å²) >= 11 is 0. The molecule has 2 aromatic carbocycles. The number of piperidine rings is 1. The molecule has 0 spiro atoms. The minimum atomic E-state index is -3.99. The molecule has 6 nitrogen and oxygen atoms in total. The smallest absolute Gasteiger partial charge is 0.304 e. The Bertz CT molecular complexity index is 992. The van der Waals surface area contributed by atoms with Gasteiger partial charge in [-0.15, -0.1) is 0 Å². The minimum absolute atomic E-state index is 0.0726. The SMILES string of the molecule is NCC(=O)c1ccc(CN(c2cccc(F)c2)S(=O)(=O)N2CCCCC2)c(F)c1. The number of nitrogens with two attached hydrogens (primary N) is 1. The van der Waals surface area contributed by atoms with Crippen LogP contribution in [0.2, 0.25) is 0 Å². The molecule has 29 heavy (non-hydrogen) atoms. The van der Waals surface area contributed by atoms with E-state index in [0.29, 0.717) is 13.1 Å². The number of carbonyl (C=O) groups excluding carboxylic acids is 1. The lowest BCUT2D eigenvalue weighted by molar-refractivity contribution is 0.100. The van der Waals surface area contributed by atoms with Crippen LogP contribution >= 0.6 is 0 Å². The summed E-state index contributed by atoms with van der Waals surface area (Å²) in [5.41, 5.74) is 5.60. The Hall–Kier alpha value is -2.36. The van der Waals surface area contributed by atoms with Crippen LogP contribution in [0.5, 0.6) is 0 Å². The van der Waals surface area contributed by atoms with Crippen LogP contribution in [-0.2, 0) is 16.8 Å². The van der Waals surface area contributed by atoms with Crippen LogP contribution in [0.4, 0.5) is 14.5 Å². The van der Waals surface area contributed by atoms with Crippen LogP contribution < -0.4 is 10.0 Å². The first-order valence-electron chi connectivity index (χ1n) is 9.38. The molecule has 0 unspecified atom stereocenters. The highest BCUT2D eigenvalue weighted by atomic mass is 32.2. The molecule has 0 radical (unpaired) electrons. The molecule has 0 aliphatic carbocycles. The molecule has 1 aliphatic heterocycles. The Morgan fingerprint density at radius 1 is 1.07 bits per heavy atom. The zero-order valence-electron chi connectivity index (χ0n) is 15.9. The van der Waals surface area contributed by atoms with Gasteiger partial charge in [-0.1, -0.05) is 24.6 Å². The second kappa shape index (κ2) is 8.98. The van der Waals surface area contributed by atoms with Crippen molar-refractivity contribution in [2.45, 2.75) is 25.8 Å². The normalized spacial score (nSPS) is 15.3. The lowest BCUT2D eigenvalue weighted by atomic mass is 10.1. The van der Waals surface area contributed by atoms with E-state index in [1.165, 1.54) is 34.6 Å². The van der Waals surface area contributed by atoms with E-state index >= 15 is 0 Å². The summed E-state index contributed by atoms with van der Waals surface area (Å²) in [5.74, 6) is -1.73. The van der Waals surface area contributed by atoms with Gasteiger partial charge in [0, 0.05) is 24.2 Å². The topological polar surface area (TPSA) is 83.7 Å². The molecular weight excluding hydrogens is 400 g/mol. The highest BCUT2D eigenvalue weighted by molar-refractivity contribution is 7.90. The number of benzene rings is 2. The second-order valence-corrected chi connectivity index (χ2v) is 8.74.